The van der Waals surface area contributed by atoms with Gasteiger partial charge in [0.1, 0.15) is 0 Å². The fourth-order valence-electron chi connectivity index (χ4n) is 0.771. The van der Waals surface area contributed by atoms with Gasteiger partial charge in [-0.15, -0.1) is 5.46 Å². The molecule has 60 valence electrons. The fourth-order valence-corrected chi connectivity index (χ4v) is 0.771. The van der Waals surface area contributed by atoms with Gasteiger partial charge in [-0.05, 0) is 6.92 Å². The van der Waals surface area contributed by atoms with Gasteiger partial charge in [0.2, 0.25) is 0 Å². The molecule has 1 aromatic rings. The van der Waals surface area contributed by atoms with Crippen LogP contribution in [0.1, 0.15) is 5.69 Å². The monoisotopic (exact) mass is 160 g/mol. The van der Waals surface area contributed by atoms with E-state index in [1.807, 2.05) is 0 Å². The number of hydrogen-bond acceptors (Lipinski definition) is 1. The Hall–Kier alpha value is -0.995. The van der Waals surface area contributed by atoms with Crippen LogP contribution < -0.4 is 5.46 Å². The van der Waals surface area contributed by atoms with Crippen molar-refractivity contribution in [1.29, 1.82) is 0 Å². The summed E-state index contributed by atoms with van der Waals surface area (Å²) in [4.78, 5) is 3.66. The Labute approximate surface area is 62.3 Å². The van der Waals surface area contributed by atoms with Crippen molar-refractivity contribution in [3.8, 4) is 0 Å². The van der Waals surface area contributed by atoms with E-state index in [9.17, 15) is 12.9 Å². The molecule has 0 aliphatic heterocycles. The molecule has 1 nitrogen and oxygen atoms in total. The highest BCUT2D eigenvalue weighted by atomic mass is 19.4. The zero-order chi connectivity index (χ0) is 8.48. The van der Waals surface area contributed by atoms with Crippen LogP contribution in [0.25, 0.3) is 0 Å². The molecule has 0 radical (unpaired) electrons. The summed E-state index contributed by atoms with van der Waals surface area (Å²) in [6.45, 7) is -3.33. The highest BCUT2D eigenvalue weighted by Gasteiger charge is 2.25. The lowest BCUT2D eigenvalue weighted by Gasteiger charge is -2.14. The number of nitrogens with zero attached hydrogens (tertiary/aromatic N) is 1. The van der Waals surface area contributed by atoms with Crippen LogP contribution in [0.2, 0.25) is 0 Å². The van der Waals surface area contributed by atoms with E-state index in [1.165, 1.54) is 13.1 Å². The molecule has 0 bridgehead atoms. The molecule has 0 N–H and O–H groups in total. The van der Waals surface area contributed by atoms with Crippen LogP contribution in [0.5, 0.6) is 0 Å². The van der Waals surface area contributed by atoms with Gasteiger partial charge in [0.25, 0.3) is 0 Å². The predicted molar refractivity (Wildman–Crippen MR) is 37.7 cm³/mol. The van der Waals surface area contributed by atoms with Crippen LogP contribution in [0, 0.1) is 6.92 Å². The number of rotatable bonds is 1. The van der Waals surface area contributed by atoms with E-state index in [1.54, 1.807) is 0 Å². The van der Waals surface area contributed by atoms with Crippen LogP contribution in [-0.2, 0) is 0 Å². The third-order valence-electron chi connectivity index (χ3n) is 1.30. The van der Waals surface area contributed by atoms with Gasteiger partial charge in [-0.1, -0.05) is 12.1 Å². The second kappa shape index (κ2) is 2.56. The first-order valence-electron chi connectivity index (χ1n) is 3.12. The fraction of sp³-hybridized carbons (Fsp3) is 0.167. The molecule has 0 unspecified atom stereocenters. The molecular weight excluding hydrogens is 154 g/mol. The Morgan fingerprint density at radius 3 is 2.36 bits per heavy atom. The van der Waals surface area contributed by atoms with E-state index in [0.717, 1.165) is 12.1 Å². The Morgan fingerprint density at radius 1 is 1.36 bits per heavy atom. The summed E-state index contributed by atoms with van der Waals surface area (Å²) in [5.41, 5.74) is -0.195. The maximum Gasteiger partial charge on any atom is 0.509 e. The highest BCUT2D eigenvalue weighted by molar-refractivity contribution is 6.73. The maximum absolute atomic E-state index is 12.0. The molecule has 0 aromatic carbocycles. The molecule has 1 heterocycles. The van der Waals surface area contributed by atoms with Gasteiger partial charge in [-0.2, -0.15) is 0 Å². The zero-order valence-corrected chi connectivity index (χ0v) is 5.89. The molecule has 1 aromatic heterocycles. The second-order valence-electron chi connectivity index (χ2n) is 2.31. The van der Waals surface area contributed by atoms with Gasteiger partial charge < -0.3 is 12.9 Å². The van der Waals surface area contributed by atoms with Gasteiger partial charge >= 0.3 is 6.98 Å². The summed E-state index contributed by atoms with van der Waals surface area (Å²) in [5, 5.41) is 0. The van der Waals surface area contributed by atoms with Gasteiger partial charge in [0.15, 0.2) is 0 Å². The summed E-state index contributed by atoms with van der Waals surface area (Å²) in [6, 6.07) is 2.02. The zero-order valence-electron chi connectivity index (χ0n) is 5.89. The van der Waals surface area contributed by atoms with Crippen LogP contribution in [0.3, 0.4) is 0 Å². The van der Waals surface area contributed by atoms with E-state index in [0.29, 0.717) is 5.69 Å². The Morgan fingerprint density at radius 2 is 2.00 bits per heavy atom. The quantitative estimate of drug-likeness (QED) is 0.566. The minimum atomic E-state index is -4.86. The molecule has 0 aliphatic rings. The molecule has 0 spiro atoms. The molecule has 0 saturated heterocycles. The first kappa shape index (κ1) is 8.10. The molecule has 0 amide bonds. The molecular formula is C6H6BF3N-. The summed E-state index contributed by atoms with van der Waals surface area (Å²) >= 11 is 0. The molecule has 0 saturated carbocycles. The third-order valence-corrected chi connectivity index (χ3v) is 1.30. The third kappa shape index (κ3) is 1.96. The van der Waals surface area contributed by atoms with Crippen molar-refractivity contribution in [2.45, 2.75) is 6.92 Å². The van der Waals surface area contributed by atoms with Gasteiger partial charge in [-0.3, -0.25) is 4.98 Å². The Kier molecular flexibility index (Phi) is 1.89. The first-order valence-corrected chi connectivity index (χ1v) is 3.12. The van der Waals surface area contributed by atoms with Gasteiger partial charge in [-0.25, -0.2) is 0 Å². The lowest BCUT2D eigenvalue weighted by Crippen LogP contribution is -2.34. The van der Waals surface area contributed by atoms with Crippen molar-refractivity contribution >= 4 is 12.4 Å². The van der Waals surface area contributed by atoms with Gasteiger partial charge in [0, 0.05) is 11.9 Å². The molecule has 0 aliphatic carbocycles. The molecule has 0 fully saturated rings. The molecule has 0 atom stereocenters. The maximum atomic E-state index is 12.0. The number of halogens is 3. The van der Waals surface area contributed by atoms with E-state index in [-0.39, 0.29) is 0 Å². The number of hydrogen-bond donors (Lipinski definition) is 0. The van der Waals surface area contributed by atoms with E-state index >= 15 is 0 Å². The molecule has 11 heavy (non-hydrogen) atoms. The average Bonchev–Trinajstić information content (AvgIpc) is 1.86. The van der Waals surface area contributed by atoms with Crippen molar-refractivity contribution < 1.29 is 12.9 Å². The summed E-state index contributed by atoms with van der Waals surface area (Å²) in [6.07, 6.45) is 1.17. The van der Waals surface area contributed by atoms with Crippen LogP contribution >= 0.6 is 0 Å². The molecule has 1 rings (SSSR count). The number of aryl methyl sites for hydroxylation is 1. The first-order chi connectivity index (χ1) is 5.00. The van der Waals surface area contributed by atoms with Crippen LogP contribution in [0.4, 0.5) is 12.9 Å². The largest absolute Gasteiger partial charge is 0.509 e. The van der Waals surface area contributed by atoms with Crippen molar-refractivity contribution in [2.24, 2.45) is 0 Å². The van der Waals surface area contributed by atoms with E-state index in [4.69, 9.17) is 0 Å². The Balaban J connectivity index is 3.06. The van der Waals surface area contributed by atoms with E-state index < -0.39 is 12.4 Å². The summed E-state index contributed by atoms with van der Waals surface area (Å²) < 4.78 is 36.0. The standard InChI is InChI=1S/C6H6BF3N/c1-5-4-6(2-3-11-5)7(8,9)10/h2-4H,1H3/q-1. The second-order valence-corrected chi connectivity index (χ2v) is 2.31. The smallest absolute Gasteiger partial charge is 0.445 e. The van der Waals surface area contributed by atoms with Crippen molar-refractivity contribution in [3.63, 3.8) is 0 Å². The SMILES string of the molecule is Cc1cc([B-](F)(F)F)ccn1. The summed E-state index contributed by atoms with van der Waals surface area (Å²) in [5.74, 6) is 0. The topological polar surface area (TPSA) is 12.9 Å². The highest BCUT2D eigenvalue weighted by Crippen LogP contribution is 2.08. The van der Waals surface area contributed by atoms with Crippen LogP contribution in [-0.4, -0.2) is 12.0 Å². The number of aromatic nitrogens is 1. The lowest BCUT2D eigenvalue weighted by molar-refractivity contribution is 0.501. The minimum Gasteiger partial charge on any atom is -0.445 e. The minimum absolute atomic E-state index is 0.390. The van der Waals surface area contributed by atoms with Crippen molar-refractivity contribution in [1.82, 2.24) is 4.98 Å². The summed E-state index contributed by atoms with van der Waals surface area (Å²) in [7, 11) is 0. The van der Waals surface area contributed by atoms with Crippen LogP contribution in [0.15, 0.2) is 18.3 Å². The van der Waals surface area contributed by atoms with Crippen molar-refractivity contribution in [3.05, 3.63) is 24.0 Å². The number of pyridine rings is 1. The Bertz CT molecular complexity index is 258. The average molecular weight is 160 g/mol. The molecule has 5 heteroatoms. The van der Waals surface area contributed by atoms with E-state index in [2.05, 4.69) is 4.98 Å². The van der Waals surface area contributed by atoms with Gasteiger partial charge in [0.05, 0.1) is 0 Å². The normalized spacial score (nSPS) is 11.6. The lowest BCUT2D eigenvalue weighted by atomic mass is 9.80. The van der Waals surface area contributed by atoms with Crippen molar-refractivity contribution in [2.75, 3.05) is 0 Å². The predicted octanol–water partition coefficient (Wildman–Crippen LogP) is 1.44.